The lowest BCUT2D eigenvalue weighted by Crippen LogP contribution is -2.27. The second-order valence-electron chi connectivity index (χ2n) is 14.3. The van der Waals surface area contributed by atoms with Crippen LogP contribution in [0.25, 0.3) is 21.5 Å². The van der Waals surface area contributed by atoms with Crippen molar-refractivity contribution < 1.29 is 9.37 Å². The molecule has 0 aliphatic carbocycles. The number of fused-ring (bicyclic) bond motifs is 6. The Hall–Kier alpha value is -4.70. The van der Waals surface area contributed by atoms with Crippen LogP contribution in [0.1, 0.15) is 71.4 Å². The zero-order valence-corrected chi connectivity index (χ0v) is 29.5. The molecule has 0 aromatic heterocycles. The number of nitrogens with one attached hydrogen (secondary N) is 1. The van der Waals surface area contributed by atoms with Crippen LogP contribution in [0.4, 0.5) is 11.4 Å². The third-order valence-corrected chi connectivity index (χ3v) is 10.3. The number of nitrogens with zero attached hydrogens (tertiary/aromatic N) is 2. The Morgan fingerprint density at radius 1 is 0.729 bits per heavy atom. The first-order chi connectivity index (χ1) is 23.1. The predicted octanol–water partition coefficient (Wildman–Crippen LogP) is 10.0. The number of rotatable bonds is 11. The molecule has 0 saturated heterocycles. The van der Waals surface area contributed by atoms with E-state index in [9.17, 15) is 4.79 Å². The summed E-state index contributed by atoms with van der Waals surface area (Å²) < 4.78 is 2.34. The van der Waals surface area contributed by atoms with Gasteiger partial charge in [0, 0.05) is 54.5 Å². The normalized spacial score (nSPS) is 17.5. The van der Waals surface area contributed by atoms with E-state index in [-0.39, 0.29) is 16.7 Å². The third kappa shape index (κ3) is 6.29. The number of carbonyl (C=O) groups excluding carboxylic acids is 1. The van der Waals surface area contributed by atoms with Gasteiger partial charge < -0.3 is 10.2 Å². The van der Waals surface area contributed by atoms with Crippen molar-refractivity contribution in [1.82, 2.24) is 5.32 Å². The number of amides is 1. The highest BCUT2D eigenvalue weighted by molar-refractivity contribution is 6.07. The molecule has 4 heteroatoms. The molecule has 0 unspecified atom stereocenters. The van der Waals surface area contributed by atoms with Gasteiger partial charge in [0.05, 0.1) is 5.41 Å². The zero-order chi connectivity index (χ0) is 33.9. The van der Waals surface area contributed by atoms with E-state index in [1.807, 2.05) is 0 Å². The molecule has 4 nitrogen and oxygen atoms in total. The molecule has 4 aromatic rings. The predicted molar refractivity (Wildman–Crippen MR) is 205 cm³/mol. The van der Waals surface area contributed by atoms with Gasteiger partial charge in [-0.05, 0) is 72.0 Å². The summed E-state index contributed by atoms with van der Waals surface area (Å²) in [5.41, 5.74) is 7.86. The molecule has 2 heterocycles. The van der Waals surface area contributed by atoms with E-state index in [1.165, 1.54) is 55.5 Å². The van der Waals surface area contributed by atoms with Gasteiger partial charge in [0.1, 0.15) is 7.05 Å². The molecule has 4 aromatic carbocycles. The highest BCUT2D eigenvalue weighted by Gasteiger charge is 2.44. The largest absolute Gasteiger partial charge is 0.356 e. The highest BCUT2D eigenvalue weighted by Crippen LogP contribution is 2.51. The fraction of sp³-hybridized carbons (Fsp3) is 0.318. The summed E-state index contributed by atoms with van der Waals surface area (Å²) in [6.07, 6.45) is 19.7. The Morgan fingerprint density at radius 3 is 2.08 bits per heavy atom. The minimum Gasteiger partial charge on any atom is -0.356 e. The van der Waals surface area contributed by atoms with E-state index >= 15 is 0 Å². The van der Waals surface area contributed by atoms with Crippen LogP contribution in [0.5, 0.6) is 0 Å². The number of benzene rings is 4. The summed E-state index contributed by atoms with van der Waals surface area (Å²) in [6, 6.07) is 26.5. The fourth-order valence-corrected chi connectivity index (χ4v) is 7.97. The molecule has 1 N–H and O–H groups in total. The summed E-state index contributed by atoms with van der Waals surface area (Å²) in [6.45, 7) is 12.7. The Bertz CT molecular complexity index is 2000. The Labute approximate surface area is 286 Å². The molecule has 6 rings (SSSR count). The zero-order valence-electron chi connectivity index (χ0n) is 29.5. The minimum atomic E-state index is -0.121. The summed E-state index contributed by atoms with van der Waals surface area (Å²) in [5.74, 6) is 0.0518. The smallest absolute Gasteiger partial charge is 0.216 e. The number of anilines is 1. The van der Waals surface area contributed by atoms with Crippen molar-refractivity contribution in [1.29, 1.82) is 0 Å². The average Bonchev–Trinajstić information content (AvgIpc) is 3.41. The monoisotopic (exact) mass is 636 g/mol. The maximum Gasteiger partial charge on any atom is 0.216 e. The molecule has 0 spiro atoms. The van der Waals surface area contributed by atoms with Crippen molar-refractivity contribution >= 4 is 44.5 Å². The molecule has 0 radical (unpaired) electrons. The second-order valence-corrected chi connectivity index (χ2v) is 14.3. The number of hydrogen-bond acceptors (Lipinski definition) is 2. The fourth-order valence-electron chi connectivity index (χ4n) is 7.97. The first-order valence-electron chi connectivity index (χ1n) is 17.5. The van der Waals surface area contributed by atoms with Gasteiger partial charge in [-0.15, -0.1) is 0 Å². The Kier molecular flexibility index (Phi) is 9.55. The van der Waals surface area contributed by atoms with Crippen molar-refractivity contribution in [3.8, 4) is 0 Å². The molecule has 0 atom stereocenters. The molecule has 0 saturated carbocycles. The topological polar surface area (TPSA) is 35.4 Å². The standard InChI is InChI=1S/C44H49N3O/c1-32(48)45-30-18-10-11-19-31-47-38-29-27-34-21-15-17-23-36(34)42(38)44(4,5)40(47)25-13-9-7-8-12-24-39-43(2,3)41-35-22-16-14-20-33(35)26-28-37(41)46(39)6/h7-9,12-17,20-29H,10-11,18-19,30-31H2,1-6H3/p+1. The van der Waals surface area contributed by atoms with Crippen LogP contribution < -0.4 is 10.2 Å². The number of carbonyl (C=O) groups is 1. The van der Waals surface area contributed by atoms with Crippen LogP contribution in [0, 0.1) is 0 Å². The average molecular weight is 637 g/mol. The van der Waals surface area contributed by atoms with Gasteiger partial charge in [-0.3, -0.25) is 4.79 Å². The lowest BCUT2D eigenvalue weighted by Gasteiger charge is -2.27. The van der Waals surface area contributed by atoms with E-state index in [1.54, 1.807) is 6.92 Å². The van der Waals surface area contributed by atoms with Crippen LogP contribution in [-0.4, -0.2) is 36.3 Å². The van der Waals surface area contributed by atoms with Crippen LogP contribution in [0.15, 0.2) is 121 Å². The lowest BCUT2D eigenvalue weighted by molar-refractivity contribution is -0.401. The summed E-state index contributed by atoms with van der Waals surface area (Å²) >= 11 is 0. The number of allylic oxidation sites excluding steroid dienone is 8. The Morgan fingerprint density at radius 2 is 1.35 bits per heavy atom. The van der Waals surface area contributed by atoms with Crippen molar-refractivity contribution in [2.24, 2.45) is 0 Å². The third-order valence-electron chi connectivity index (χ3n) is 10.3. The van der Waals surface area contributed by atoms with Gasteiger partial charge in [0.15, 0.2) is 5.71 Å². The molecule has 2 aliphatic heterocycles. The van der Waals surface area contributed by atoms with Gasteiger partial charge in [-0.1, -0.05) is 112 Å². The van der Waals surface area contributed by atoms with Gasteiger partial charge in [-0.25, -0.2) is 0 Å². The summed E-state index contributed by atoms with van der Waals surface area (Å²) in [4.78, 5) is 13.7. The molecule has 1 amide bonds. The van der Waals surface area contributed by atoms with Gasteiger partial charge in [0.2, 0.25) is 11.6 Å². The van der Waals surface area contributed by atoms with Gasteiger partial charge in [-0.2, -0.15) is 4.58 Å². The van der Waals surface area contributed by atoms with Crippen LogP contribution in [-0.2, 0) is 15.6 Å². The highest BCUT2D eigenvalue weighted by atomic mass is 16.1. The molecular weight excluding hydrogens is 587 g/mol. The maximum atomic E-state index is 11.2. The first kappa shape index (κ1) is 33.2. The maximum absolute atomic E-state index is 11.2. The summed E-state index contributed by atoms with van der Waals surface area (Å²) in [5, 5.41) is 8.17. The molecule has 2 aliphatic rings. The molecule has 0 bridgehead atoms. The van der Waals surface area contributed by atoms with Gasteiger partial charge in [0.25, 0.3) is 0 Å². The SMILES string of the molecule is CC(=O)NCCCCCCN1/C(=C/C=C/C=C/C=C/C2=[N+](C)c3ccc4ccccc4c3C2(C)C)C(C)(C)c2c1ccc1ccccc21. The van der Waals surface area contributed by atoms with Crippen molar-refractivity contribution in [3.05, 3.63) is 132 Å². The quantitative estimate of drug-likeness (QED) is 0.101. The van der Waals surface area contributed by atoms with Crippen LogP contribution in [0.2, 0.25) is 0 Å². The van der Waals surface area contributed by atoms with E-state index < -0.39 is 0 Å². The second kappa shape index (κ2) is 13.8. The van der Waals surface area contributed by atoms with Crippen molar-refractivity contribution in [2.75, 3.05) is 25.0 Å². The minimum absolute atomic E-state index is 0.0518. The van der Waals surface area contributed by atoms with E-state index in [4.69, 9.17) is 0 Å². The van der Waals surface area contributed by atoms with Gasteiger partial charge >= 0.3 is 0 Å². The Balaban J connectivity index is 1.18. The molecule has 48 heavy (non-hydrogen) atoms. The van der Waals surface area contributed by atoms with E-state index in [0.717, 1.165) is 38.8 Å². The van der Waals surface area contributed by atoms with Crippen LogP contribution >= 0.6 is 0 Å². The van der Waals surface area contributed by atoms with Crippen LogP contribution in [0.3, 0.4) is 0 Å². The molecular formula is C44H50N3O+. The molecule has 246 valence electrons. The first-order valence-corrected chi connectivity index (χ1v) is 17.5. The lowest BCUT2D eigenvalue weighted by atomic mass is 9.79. The molecule has 0 fully saturated rings. The number of unbranched alkanes of at least 4 members (excludes halogenated alkanes) is 3. The van der Waals surface area contributed by atoms with E-state index in [2.05, 4.69) is 165 Å². The summed E-state index contributed by atoms with van der Waals surface area (Å²) in [7, 11) is 2.18. The van der Waals surface area contributed by atoms with Crippen molar-refractivity contribution in [3.63, 3.8) is 0 Å². The van der Waals surface area contributed by atoms with E-state index in [0.29, 0.717) is 0 Å². The number of hydrogen-bond donors (Lipinski definition) is 1. The van der Waals surface area contributed by atoms with Crippen molar-refractivity contribution in [2.45, 2.75) is 71.1 Å².